The third kappa shape index (κ3) is 2.31. The maximum atomic E-state index is 5.26. The van der Waals surface area contributed by atoms with Gasteiger partial charge < -0.3 is 9.47 Å². The van der Waals surface area contributed by atoms with E-state index in [9.17, 15) is 0 Å². The molecule has 5 heteroatoms. The van der Waals surface area contributed by atoms with Crippen LogP contribution in [0.5, 0.6) is 5.88 Å². The van der Waals surface area contributed by atoms with Gasteiger partial charge in [0, 0.05) is 38.7 Å². The zero-order valence-corrected chi connectivity index (χ0v) is 9.77. The van der Waals surface area contributed by atoms with Crippen molar-refractivity contribution >= 4 is 0 Å². The molecular formula is C11H17N3O2. The molecule has 5 nitrogen and oxygen atoms in total. The SMILES string of the molecule is COCCN1CCc2ncnc(OC)c2C1. The Morgan fingerprint density at radius 3 is 3.00 bits per heavy atom. The van der Waals surface area contributed by atoms with E-state index < -0.39 is 0 Å². The molecule has 1 aliphatic rings. The number of nitrogens with zero attached hydrogens (tertiary/aromatic N) is 3. The van der Waals surface area contributed by atoms with E-state index in [1.165, 1.54) is 0 Å². The lowest BCUT2D eigenvalue weighted by atomic mass is 10.1. The Labute approximate surface area is 95.4 Å². The van der Waals surface area contributed by atoms with Crippen LogP contribution in [0.25, 0.3) is 0 Å². The summed E-state index contributed by atoms with van der Waals surface area (Å²) in [7, 11) is 3.37. The highest BCUT2D eigenvalue weighted by atomic mass is 16.5. The molecule has 0 unspecified atom stereocenters. The minimum Gasteiger partial charge on any atom is -0.481 e. The summed E-state index contributed by atoms with van der Waals surface area (Å²) in [5.74, 6) is 0.701. The first-order valence-corrected chi connectivity index (χ1v) is 5.43. The number of hydrogen-bond donors (Lipinski definition) is 0. The van der Waals surface area contributed by atoms with Gasteiger partial charge in [-0.1, -0.05) is 0 Å². The number of methoxy groups -OCH3 is 2. The summed E-state index contributed by atoms with van der Waals surface area (Å²) in [6, 6.07) is 0. The molecule has 0 aliphatic carbocycles. The Hall–Kier alpha value is -1.20. The van der Waals surface area contributed by atoms with Crippen molar-refractivity contribution in [2.75, 3.05) is 33.9 Å². The zero-order chi connectivity index (χ0) is 11.4. The van der Waals surface area contributed by atoms with Crippen molar-refractivity contribution in [2.45, 2.75) is 13.0 Å². The molecule has 2 heterocycles. The van der Waals surface area contributed by atoms with Crippen LogP contribution in [0.4, 0.5) is 0 Å². The number of ether oxygens (including phenoxy) is 2. The third-order valence-electron chi connectivity index (χ3n) is 2.85. The fourth-order valence-corrected chi connectivity index (χ4v) is 1.96. The van der Waals surface area contributed by atoms with Gasteiger partial charge in [0.2, 0.25) is 5.88 Å². The van der Waals surface area contributed by atoms with Gasteiger partial charge in [0.15, 0.2) is 0 Å². The smallest absolute Gasteiger partial charge is 0.220 e. The topological polar surface area (TPSA) is 47.5 Å². The molecule has 0 N–H and O–H groups in total. The van der Waals surface area contributed by atoms with Crippen LogP contribution in [0.3, 0.4) is 0 Å². The van der Waals surface area contributed by atoms with E-state index in [-0.39, 0.29) is 0 Å². The first-order valence-electron chi connectivity index (χ1n) is 5.43. The van der Waals surface area contributed by atoms with Crippen molar-refractivity contribution < 1.29 is 9.47 Å². The van der Waals surface area contributed by atoms with Crippen molar-refractivity contribution in [3.05, 3.63) is 17.6 Å². The first-order chi connectivity index (χ1) is 7.85. The molecule has 0 bridgehead atoms. The number of fused-ring (bicyclic) bond motifs is 1. The van der Waals surface area contributed by atoms with Crippen LogP contribution in [0.1, 0.15) is 11.3 Å². The van der Waals surface area contributed by atoms with E-state index in [4.69, 9.17) is 9.47 Å². The van der Waals surface area contributed by atoms with Gasteiger partial charge in [0.1, 0.15) is 6.33 Å². The maximum absolute atomic E-state index is 5.26. The van der Waals surface area contributed by atoms with Crippen molar-refractivity contribution in [2.24, 2.45) is 0 Å². The first kappa shape index (κ1) is 11.3. The second-order valence-corrected chi connectivity index (χ2v) is 3.83. The molecule has 0 saturated heterocycles. The highest BCUT2D eigenvalue weighted by Crippen LogP contribution is 2.23. The Kier molecular flexibility index (Phi) is 3.69. The maximum Gasteiger partial charge on any atom is 0.220 e. The van der Waals surface area contributed by atoms with Crippen LogP contribution in [0.2, 0.25) is 0 Å². The summed E-state index contributed by atoms with van der Waals surface area (Å²) in [6.45, 7) is 3.57. The number of aromatic nitrogens is 2. The summed E-state index contributed by atoms with van der Waals surface area (Å²) in [5.41, 5.74) is 2.23. The van der Waals surface area contributed by atoms with Gasteiger partial charge in [-0.3, -0.25) is 4.90 Å². The van der Waals surface area contributed by atoms with E-state index in [1.54, 1.807) is 20.5 Å². The zero-order valence-electron chi connectivity index (χ0n) is 9.77. The second-order valence-electron chi connectivity index (χ2n) is 3.83. The Bertz CT molecular complexity index is 343. The Morgan fingerprint density at radius 2 is 2.25 bits per heavy atom. The van der Waals surface area contributed by atoms with Crippen LogP contribution in [0.15, 0.2) is 6.33 Å². The van der Waals surface area contributed by atoms with Gasteiger partial charge >= 0.3 is 0 Å². The number of rotatable bonds is 4. The summed E-state index contributed by atoms with van der Waals surface area (Å²) in [4.78, 5) is 10.8. The molecule has 88 valence electrons. The average Bonchev–Trinajstić information content (AvgIpc) is 2.35. The van der Waals surface area contributed by atoms with Crippen molar-refractivity contribution in [1.82, 2.24) is 14.9 Å². The summed E-state index contributed by atoms with van der Waals surface area (Å²) in [5, 5.41) is 0. The molecule has 0 amide bonds. The lowest BCUT2D eigenvalue weighted by Gasteiger charge is -2.28. The molecule has 0 saturated carbocycles. The normalized spacial score (nSPS) is 15.9. The molecular weight excluding hydrogens is 206 g/mol. The van der Waals surface area contributed by atoms with E-state index in [2.05, 4.69) is 14.9 Å². The molecule has 16 heavy (non-hydrogen) atoms. The van der Waals surface area contributed by atoms with Crippen molar-refractivity contribution in [3.63, 3.8) is 0 Å². The molecule has 1 aromatic rings. The van der Waals surface area contributed by atoms with E-state index in [0.717, 1.165) is 43.9 Å². The molecule has 1 aromatic heterocycles. The minimum absolute atomic E-state index is 0.701. The fraction of sp³-hybridized carbons (Fsp3) is 0.636. The van der Waals surface area contributed by atoms with E-state index in [1.807, 2.05) is 0 Å². The molecule has 1 aliphatic heterocycles. The lowest BCUT2D eigenvalue weighted by molar-refractivity contribution is 0.139. The van der Waals surface area contributed by atoms with Crippen molar-refractivity contribution in [1.29, 1.82) is 0 Å². The molecule has 2 rings (SSSR count). The van der Waals surface area contributed by atoms with Gasteiger partial charge in [0.05, 0.1) is 19.4 Å². The number of hydrogen-bond acceptors (Lipinski definition) is 5. The predicted octanol–water partition coefficient (Wildman–Crippen LogP) is 0.490. The highest BCUT2D eigenvalue weighted by molar-refractivity contribution is 5.31. The van der Waals surface area contributed by atoms with Gasteiger partial charge in [-0.05, 0) is 0 Å². The molecule has 0 radical (unpaired) electrons. The molecule has 0 atom stereocenters. The van der Waals surface area contributed by atoms with Crippen molar-refractivity contribution in [3.8, 4) is 5.88 Å². The van der Waals surface area contributed by atoms with Gasteiger partial charge in [-0.25, -0.2) is 9.97 Å². The van der Waals surface area contributed by atoms with Crippen LogP contribution < -0.4 is 4.74 Å². The Balaban J connectivity index is 2.11. The molecule has 0 fully saturated rings. The average molecular weight is 223 g/mol. The Morgan fingerprint density at radius 1 is 1.38 bits per heavy atom. The second kappa shape index (κ2) is 5.23. The fourth-order valence-electron chi connectivity index (χ4n) is 1.96. The van der Waals surface area contributed by atoms with Crippen LogP contribution >= 0.6 is 0 Å². The van der Waals surface area contributed by atoms with Crippen LogP contribution in [-0.4, -0.2) is 48.8 Å². The van der Waals surface area contributed by atoms with E-state index in [0.29, 0.717) is 5.88 Å². The summed E-state index contributed by atoms with van der Waals surface area (Å²) < 4.78 is 10.3. The standard InChI is InChI=1S/C11H17N3O2/c1-15-6-5-14-4-3-10-9(7-14)11(16-2)13-8-12-10/h8H,3-7H2,1-2H3. The molecule has 0 aromatic carbocycles. The monoisotopic (exact) mass is 223 g/mol. The predicted molar refractivity (Wildman–Crippen MR) is 59.4 cm³/mol. The largest absolute Gasteiger partial charge is 0.481 e. The molecule has 0 spiro atoms. The highest BCUT2D eigenvalue weighted by Gasteiger charge is 2.20. The van der Waals surface area contributed by atoms with E-state index >= 15 is 0 Å². The van der Waals surface area contributed by atoms with Crippen LogP contribution in [0, 0.1) is 0 Å². The van der Waals surface area contributed by atoms with Crippen LogP contribution in [-0.2, 0) is 17.7 Å². The van der Waals surface area contributed by atoms with Gasteiger partial charge in [-0.15, -0.1) is 0 Å². The summed E-state index contributed by atoms with van der Waals surface area (Å²) >= 11 is 0. The summed E-state index contributed by atoms with van der Waals surface area (Å²) in [6.07, 6.45) is 2.53. The van der Waals surface area contributed by atoms with Gasteiger partial charge in [0.25, 0.3) is 0 Å². The minimum atomic E-state index is 0.701. The lowest BCUT2D eigenvalue weighted by Crippen LogP contribution is -2.34. The quantitative estimate of drug-likeness (QED) is 0.743. The third-order valence-corrected chi connectivity index (χ3v) is 2.85. The van der Waals surface area contributed by atoms with Gasteiger partial charge in [-0.2, -0.15) is 0 Å².